The Hall–Kier alpha value is -4.28. The molecule has 2 aromatic heterocycles. The van der Waals surface area contributed by atoms with Crippen LogP contribution in [0.3, 0.4) is 0 Å². The lowest BCUT2D eigenvalue weighted by molar-refractivity contribution is -0.383. The van der Waals surface area contributed by atoms with Gasteiger partial charge in [-0.05, 0) is 36.4 Å². The summed E-state index contributed by atoms with van der Waals surface area (Å²) in [4.78, 5) is 23.0. The van der Waals surface area contributed by atoms with E-state index in [9.17, 15) is 23.3 Å². The van der Waals surface area contributed by atoms with Gasteiger partial charge in [0.25, 0.3) is 0 Å². The van der Waals surface area contributed by atoms with Crippen LogP contribution in [0.1, 0.15) is 5.56 Å². The first-order valence-electron chi connectivity index (χ1n) is 8.88. The van der Waals surface area contributed by atoms with Crippen LogP contribution < -0.4 is 10.6 Å². The number of nitro groups is 1. The minimum atomic E-state index is -4.65. The van der Waals surface area contributed by atoms with Gasteiger partial charge in [0, 0.05) is 17.3 Å². The van der Waals surface area contributed by atoms with Crippen LogP contribution in [0.5, 0.6) is 0 Å². The second-order valence-corrected chi connectivity index (χ2v) is 6.35. The summed E-state index contributed by atoms with van der Waals surface area (Å²) in [6.45, 7) is 0. The Morgan fingerprint density at radius 1 is 0.839 bits per heavy atom. The first kappa shape index (κ1) is 20.0. The van der Waals surface area contributed by atoms with E-state index >= 15 is 0 Å². The number of rotatable bonds is 5. The third kappa shape index (κ3) is 4.06. The van der Waals surface area contributed by atoms with E-state index in [0.29, 0.717) is 16.6 Å². The average molecular weight is 426 g/mol. The summed E-state index contributed by atoms with van der Waals surface area (Å²) < 4.78 is 39.9. The van der Waals surface area contributed by atoms with Crippen molar-refractivity contribution in [1.82, 2.24) is 15.0 Å². The van der Waals surface area contributed by atoms with Crippen LogP contribution in [0.15, 0.2) is 67.1 Å². The van der Waals surface area contributed by atoms with Crippen molar-refractivity contribution < 1.29 is 18.1 Å². The molecule has 0 amide bonds. The molecule has 2 N–H and O–H groups in total. The number of hydrogen-bond donors (Lipinski definition) is 2. The highest BCUT2D eigenvalue weighted by molar-refractivity contribution is 5.94. The van der Waals surface area contributed by atoms with Crippen LogP contribution in [0.4, 0.5) is 41.9 Å². The predicted molar refractivity (Wildman–Crippen MR) is 108 cm³/mol. The number of fused-ring (bicyclic) bond motifs is 1. The normalized spacial score (nSPS) is 11.3. The van der Waals surface area contributed by atoms with Crippen LogP contribution in [0.2, 0.25) is 0 Å². The van der Waals surface area contributed by atoms with E-state index in [0.717, 1.165) is 18.5 Å². The van der Waals surface area contributed by atoms with Crippen molar-refractivity contribution in [3.8, 4) is 0 Å². The summed E-state index contributed by atoms with van der Waals surface area (Å²) in [7, 11) is 0. The first-order valence-corrected chi connectivity index (χ1v) is 8.88. The molecule has 2 aromatic carbocycles. The Kier molecular flexibility index (Phi) is 5.07. The molecule has 0 saturated carbocycles. The fraction of sp³-hybridized carbons (Fsp3) is 0.0500. The van der Waals surface area contributed by atoms with Gasteiger partial charge >= 0.3 is 11.9 Å². The molecule has 31 heavy (non-hydrogen) atoms. The second-order valence-electron chi connectivity index (χ2n) is 6.35. The van der Waals surface area contributed by atoms with Gasteiger partial charge < -0.3 is 10.6 Å². The second kappa shape index (κ2) is 7.86. The van der Waals surface area contributed by atoms with Gasteiger partial charge in [-0.3, -0.25) is 15.1 Å². The molecule has 11 heteroatoms. The Morgan fingerprint density at radius 2 is 1.52 bits per heavy atom. The third-order valence-corrected chi connectivity index (χ3v) is 4.39. The van der Waals surface area contributed by atoms with Gasteiger partial charge in [-0.1, -0.05) is 18.2 Å². The molecule has 0 aliphatic rings. The van der Waals surface area contributed by atoms with Crippen molar-refractivity contribution in [3.05, 3.63) is 82.8 Å². The van der Waals surface area contributed by atoms with Gasteiger partial charge in [-0.25, -0.2) is 9.97 Å². The van der Waals surface area contributed by atoms with Crippen molar-refractivity contribution in [3.63, 3.8) is 0 Å². The number of aromatic nitrogens is 3. The number of hydrogen-bond acceptors (Lipinski definition) is 7. The van der Waals surface area contributed by atoms with Crippen molar-refractivity contribution >= 4 is 39.6 Å². The maximum absolute atomic E-state index is 13.3. The van der Waals surface area contributed by atoms with Crippen LogP contribution in [0, 0.1) is 10.1 Å². The molecule has 4 rings (SSSR count). The molecule has 0 aliphatic heterocycles. The van der Waals surface area contributed by atoms with Crippen LogP contribution in [-0.4, -0.2) is 19.9 Å². The monoisotopic (exact) mass is 426 g/mol. The van der Waals surface area contributed by atoms with Gasteiger partial charge in [0.15, 0.2) is 0 Å². The molecular weight excluding hydrogens is 413 g/mol. The Balaban J connectivity index is 1.77. The third-order valence-electron chi connectivity index (χ3n) is 4.39. The van der Waals surface area contributed by atoms with Gasteiger partial charge in [0.1, 0.15) is 6.33 Å². The number of nitrogens with zero attached hydrogens (tertiary/aromatic N) is 4. The molecule has 0 saturated heterocycles. The SMILES string of the molecule is O=[N+]([O-])c1c(Nc2ccccc2C(F)(F)F)ncnc1Nc1cccc2ncccc12. The number of para-hydroxylation sites is 1. The molecule has 0 unspecified atom stereocenters. The topological polar surface area (TPSA) is 106 Å². The van der Waals surface area contributed by atoms with E-state index in [4.69, 9.17) is 0 Å². The highest BCUT2D eigenvalue weighted by atomic mass is 19.4. The lowest BCUT2D eigenvalue weighted by Gasteiger charge is -2.15. The molecule has 0 radical (unpaired) electrons. The fourth-order valence-corrected chi connectivity index (χ4v) is 3.04. The quantitative estimate of drug-likeness (QED) is 0.323. The van der Waals surface area contributed by atoms with Crippen LogP contribution in [-0.2, 0) is 6.18 Å². The lowest BCUT2D eigenvalue weighted by atomic mass is 10.1. The van der Waals surface area contributed by atoms with Crippen molar-refractivity contribution in [1.29, 1.82) is 0 Å². The predicted octanol–water partition coefficient (Wildman–Crippen LogP) is 5.44. The molecule has 4 aromatic rings. The smallest absolute Gasteiger partial charge is 0.334 e. The molecule has 0 aliphatic carbocycles. The van der Waals surface area contributed by atoms with Crippen LogP contribution in [0.25, 0.3) is 10.9 Å². The van der Waals surface area contributed by atoms with Crippen molar-refractivity contribution in [2.24, 2.45) is 0 Å². The van der Waals surface area contributed by atoms with Crippen molar-refractivity contribution in [2.75, 3.05) is 10.6 Å². The Labute approximate surface area is 173 Å². The molecule has 156 valence electrons. The summed E-state index contributed by atoms with van der Waals surface area (Å²) in [6, 6.07) is 13.3. The zero-order valence-electron chi connectivity index (χ0n) is 15.6. The van der Waals surface area contributed by atoms with E-state index in [2.05, 4.69) is 25.6 Å². The summed E-state index contributed by atoms with van der Waals surface area (Å²) >= 11 is 0. The van der Waals surface area contributed by atoms with Crippen molar-refractivity contribution in [2.45, 2.75) is 6.18 Å². The summed E-state index contributed by atoms with van der Waals surface area (Å²) in [6.07, 6.45) is -2.01. The highest BCUT2D eigenvalue weighted by Gasteiger charge is 2.34. The van der Waals surface area contributed by atoms with E-state index in [1.165, 1.54) is 12.1 Å². The molecule has 0 bridgehead atoms. The van der Waals surface area contributed by atoms with E-state index in [1.807, 2.05) is 0 Å². The standard InChI is InChI=1S/C20H13F3N6O2/c21-20(22,23)13-6-1-2-7-16(13)28-19-17(29(30)31)18(25-11-26-19)27-15-9-3-8-14-12(15)5-4-10-24-14/h1-11H,(H2,25,26,27,28). The number of halogens is 3. The molecule has 0 atom stereocenters. The largest absolute Gasteiger partial charge is 0.418 e. The highest BCUT2D eigenvalue weighted by Crippen LogP contribution is 2.39. The van der Waals surface area contributed by atoms with Gasteiger partial charge in [0.2, 0.25) is 11.6 Å². The zero-order valence-corrected chi connectivity index (χ0v) is 15.6. The summed E-state index contributed by atoms with van der Waals surface area (Å²) in [5.41, 5.74) is -0.786. The summed E-state index contributed by atoms with van der Waals surface area (Å²) in [5.74, 6) is -0.555. The minimum absolute atomic E-state index is 0.177. The maximum atomic E-state index is 13.3. The molecule has 0 fully saturated rings. The number of pyridine rings is 1. The number of benzene rings is 2. The van der Waals surface area contributed by atoms with Crippen LogP contribution >= 0.6 is 0 Å². The van der Waals surface area contributed by atoms with E-state index < -0.39 is 22.4 Å². The average Bonchev–Trinajstić information content (AvgIpc) is 2.73. The van der Waals surface area contributed by atoms with Gasteiger partial charge in [-0.15, -0.1) is 0 Å². The Bertz CT molecular complexity index is 1270. The molecule has 2 heterocycles. The van der Waals surface area contributed by atoms with E-state index in [1.54, 1.807) is 36.5 Å². The number of nitrogens with one attached hydrogen (secondary N) is 2. The summed E-state index contributed by atoms with van der Waals surface area (Å²) in [5, 5.41) is 17.8. The number of alkyl halides is 3. The molecular formula is C20H13F3N6O2. The maximum Gasteiger partial charge on any atom is 0.418 e. The molecule has 8 nitrogen and oxygen atoms in total. The fourth-order valence-electron chi connectivity index (χ4n) is 3.04. The number of anilines is 4. The zero-order chi connectivity index (χ0) is 22.0. The lowest BCUT2D eigenvalue weighted by Crippen LogP contribution is -2.10. The van der Waals surface area contributed by atoms with Gasteiger partial charge in [-0.2, -0.15) is 13.2 Å². The first-order chi connectivity index (χ1) is 14.8. The molecule has 0 spiro atoms. The van der Waals surface area contributed by atoms with E-state index in [-0.39, 0.29) is 17.3 Å². The van der Waals surface area contributed by atoms with Gasteiger partial charge in [0.05, 0.1) is 21.7 Å². The minimum Gasteiger partial charge on any atom is -0.334 e. The Morgan fingerprint density at radius 3 is 2.23 bits per heavy atom.